The number of aliphatic hydroxyl groups is 3. The monoisotopic (exact) mass is 996 g/mol. The van der Waals surface area contributed by atoms with Gasteiger partial charge in [0.05, 0.1) is 37.2 Å². The number of aliphatic hydroxyl groups excluding tert-OH is 3. The van der Waals surface area contributed by atoms with E-state index in [1.807, 2.05) is 10.6 Å². The lowest BCUT2D eigenvalue weighted by Crippen LogP contribution is -2.63. The maximum atomic E-state index is 14.1. The third-order valence-electron chi connectivity index (χ3n) is 10.2. The second kappa shape index (κ2) is 28.5. The van der Waals surface area contributed by atoms with Crippen LogP contribution >= 0.6 is 0 Å². The smallest absolute Gasteiger partial charge is 0.328 e. The molecule has 12 atom stereocenters. The topological polar surface area (TPSA) is 457 Å². The largest absolute Gasteiger partial charge is 0.508 e. The Morgan fingerprint density at radius 2 is 0.857 bits per heavy atom. The third-order valence-corrected chi connectivity index (χ3v) is 10.2. The molecule has 70 heavy (non-hydrogen) atoms. The molecule has 0 aliphatic heterocycles. The maximum absolute atomic E-state index is 14.1. The molecule has 0 aliphatic carbocycles. The molecule has 0 radical (unpaired) electrons. The van der Waals surface area contributed by atoms with E-state index in [0.717, 1.165) is 20.8 Å². The number of carboxylic acid groups (broad SMARTS) is 2. The molecule has 0 bridgehead atoms. The number of carboxylic acids is 2. The van der Waals surface area contributed by atoms with Gasteiger partial charge < -0.3 is 84.6 Å². The number of primary amides is 1. The van der Waals surface area contributed by atoms with Crippen molar-refractivity contribution in [3.8, 4) is 5.75 Å². The first kappa shape index (κ1) is 61.0. The molecule has 1 rings (SSSR count). The number of benzene rings is 1. The Hall–Kier alpha value is -6.97. The summed E-state index contributed by atoms with van der Waals surface area (Å²) in [7, 11) is 0. The highest BCUT2D eigenvalue weighted by atomic mass is 16.4. The lowest BCUT2D eigenvalue weighted by atomic mass is 9.99. The Morgan fingerprint density at radius 3 is 1.27 bits per heavy atom. The van der Waals surface area contributed by atoms with Crippen LogP contribution in [-0.4, -0.2) is 168 Å². The van der Waals surface area contributed by atoms with E-state index < -0.39 is 163 Å². The van der Waals surface area contributed by atoms with Crippen LogP contribution in [0.5, 0.6) is 5.75 Å². The molecular formula is C43H68N10O17. The van der Waals surface area contributed by atoms with Gasteiger partial charge in [-0.2, -0.15) is 0 Å². The van der Waals surface area contributed by atoms with E-state index in [-0.39, 0.29) is 23.7 Å². The Balaban J connectivity index is 3.54. The molecule has 1 aromatic rings. The van der Waals surface area contributed by atoms with Crippen LogP contribution in [0.4, 0.5) is 0 Å². The van der Waals surface area contributed by atoms with Crippen LogP contribution < -0.4 is 54.0 Å². The molecule has 0 saturated carbocycles. The number of carbonyl (C=O) groups is 11. The van der Waals surface area contributed by atoms with E-state index in [0.29, 0.717) is 0 Å². The van der Waals surface area contributed by atoms with Gasteiger partial charge in [0, 0.05) is 6.42 Å². The lowest BCUT2D eigenvalue weighted by Gasteiger charge is -2.30. The van der Waals surface area contributed by atoms with Gasteiger partial charge >= 0.3 is 11.9 Å². The minimum Gasteiger partial charge on any atom is -0.508 e. The number of phenols is 1. The summed E-state index contributed by atoms with van der Waals surface area (Å²) in [6, 6.07) is -9.80. The van der Waals surface area contributed by atoms with E-state index in [4.69, 9.17) is 11.5 Å². The number of nitrogens with two attached hydrogens (primary N) is 2. The fourth-order valence-electron chi connectivity index (χ4n) is 6.41. The molecule has 0 aromatic heterocycles. The number of nitrogens with one attached hydrogen (secondary N) is 8. The van der Waals surface area contributed by atoms with Crippen molar-refractivity contribution in [2.75, 3.05) is 0 Å². The number of carbonyl (C=O) groups excluding carboxylic acids is 9. The summed E-state index contributed by atoms with van der Waals surface area (Å²) in [4.78, 5) is 143. The van der Waals surface area contributed by atoms with Crippen molar-refractivity contribution >= 4 is 65.1 Å². The van der Waals surface area contributed by atoms with Gasteiger partial charge in [0.25, 0.3) is 0 Å². The van der Waals surface area contributed by atoms with Gasteiger partial charge in [-0.3, -0.25) is 47.9 Å². The molecule has 9 amide bonds. The van der Waals surface area contributed by atoms with E-state index in [2.05, 4.69) is 31.9 Å². The predicted molar refractivity (Wildman–Crippen MR) is 244 cm³/mol. The lowest BCUT2D eigenvalue weighted by molar-refractivity contribution is -0.146. The van der Waals surface area contributed by atoms with Gasteiger partial charge in [-0.1, -0.05) is 39.8 Å². The molecule has 0 unspecified atom stereocenters. The van der Waals surface area contributed by atoms with Gasteiger partial charge in [0.2, 0.25) is 53.2 Å². The fraction of sp³-hybridized carbons (Fsp3) is 0.605. The number of aliphatic carboxylic acids is 2. The van der Waals surface area contributed by atoms with Crippen LogP contribution in [0.1, 0.15) is 80.2 Å². The SMILES string of the molecule is CC(C)C[C@H](NC(=O)[C@H](C)N)C(=O)N[C@H](C(=O)N[C@H](C(=O)N[C@@H](Cc1ccc(O)cc1)C(=O)N[C@@H](CC(N)=O)C(=O)N[C@H](C(=O)N[C@@H](CC(=O)O)C(=O)N[C@H](C(=O)O)[C@@H](C)O)[C@@H](C)O)[C@@H](C)O)C(C)C. The Morgan fingerprint density at radius 1 is 0.486 bits per heavy atom. The molecule has 18 N–H and O–H groups in total. The van der Waals surface area contributed by atoms with E-state index >= 15 is 0 Å². The average molecular weight is 997 g/mol. The number of aromatic hydroxyl groups is 1. The second-order valence-corrected chi connectivity index (χ2v) is 17.6. The minimum absolute atomic E-state index is 0.0921. The van der Waals surface area contributed by atoms with Crippen molar-refractivity contribution in [3.05, 3.63) is 29.8 Å². The number of hydrogen-bond donors (Lipinski definition) is 16. The molecule has 0 aliphatic rings. The highest BCUT2D eigenvalue weighted by Crippen LogP contribution is 2.14. The minimum atomic E-state index is -2.06. The number of hydrogen-bond acceptors (Lipinski definition) is 16. The quantitative estimate of drug-likeness (QED) is 0.0356. The summed E-state index contributed by atoms with van der Waals surface area (Å²) in [5, 5.41) is 77.6. The maximum Gasteiger partial charge on any atom is 0.328 e. The summed E-state index contributed by atoms with van der Waals surface area (Å²) < 4.78 is 0. The van der Waals surface area contributed by atoms with Crippen molar-refractivity contribution in [2.45, 2.75) is 154 Å². The van der Waals surface area contributed by atoms with Gasteiger partial charge in [0.15, 0.2) is 6.04 Å². The van der Waals surface area contributed by atoms with Crippen LogP contribution in [0.15, 0.2) is 24.3 Å². The zero-order valence-corrected chi connectivity index (χ0v) is 40.0. The zero-order valence-electron chi connectivity index (χ0n) is 40.0. The molecule has 392 valence electrons. The fourth-order valence-corrected chi connectivity index (χ4v) is 6.41. The van der Waals surface area contributed by atoms with Crippen molar-refractivity contribution in [1.82, 2.24) is 42.5 Å². The predicted octanol–water partition coefficient (Wildman–Crippen LogP) is -5.56. The number of amides is 9. The Labute approximate surface area is 403 Å². The van der Waals surface area contributed by atoms with Crippen molar-refractivity contribution in [3.63, 3.8) is 0 Å². The number of phenolic OH excluding ortho intramolecular Hbond substituents is 1. The van der Waals surface area contributed by atoms with Gasteiger partial charge in [-0.15, -0.1) is 0 Å². The standard InChI is InChI=1S/C43H68N10O17/c1-17(2)13-25(46-35(61)19(5)44)37(63)50-31(18(3)4)40(66)52-33(21(7)55)42(68)48-26(14-23-9-11-24(57)12-10-23)36(62)47-27(15-29(45)58)38(64)51-32(20(6)54)41(67)49-28(16-30(59)60)39(65)53-34(22(8)56)43(69)70/h9-12,17-22,25-28,31-34,54-57H,13-16,44H2,1-8H3,(H2,45,58)(H,46,61)(H,47,62)(H,48,68)(H,49,67)(H,50,63)(H,51,64)(H,52,66)(H,53,65)(H,59,60)(H,69,70)/t19-,20+,21+,22+,25-,26-,27-,28-,31-,32-,33-,34-/m0/s1. The second-order valence-electron chi connectivity index (χ2n) is 17.6. The normalized spacial score (nSPS) is 16.4. The highest BCUT2D eigenvalue weighted by molar-refractivity contribution is 5.99. The third kappa shape index (κ3) is 20.7. The van der Waals surface area contributed by atoms with Crippen molar-refractivity contribution in [2.24, 2.45) is 23.3 Å². The summed E-state index contributed by atoms with van der Waals surface area (Å²) >= 11 is 0. The molecule has 0 fully saturated rings. The van der Waals surface area contributed by atoms with Crippen LogP contribution in [-0.2, 0) is 59.2 Å². The summed E-state index contributed by atoms with van der Waals surface area (Å²) in [6.45, 7) is 11.3. The van der Waals surface area contributed by atoms with Gasteiger partial charge in [-0.05, 0) is 63.6 Å². The van der Waals surface area contributed by atoms with Crippen LogP contribution in [0.2, 0.25) is 0 Å². The average Bonchev–Trinajstić information content (AvgIpc) is 3.23. The summed E-state index contributed by atoms with van der Waals surface area (Å²) in [5.74, 6) is -14.4. The Kier molecular flexibility index (Phi) is 24.9. The van der Waals surface area contributed by atoms with E-state index in [1.54, 1.807) is 27.7 Å². The molecule has 0 heterocycles. The van der Waals surface area contributed by atoms with Crippen LogP contribution in [0.3, 0.4) is 0 Å². The first-order valence-corrected chi connectivity index (χ1v) is 22.1. The van der Waals surface area contributed by atoms with Gasteiger partial charge in [-0.25, -0.2) is 4.79 Å². The highest BCUT2D eigenvalue weighted by Gasteiger charge is 2.38. The van der Waals surface area contributed by atoms with E-state index in [1.165, 1.54) is 31.2 Å². The first-order chi connectivity index (χ1) is 32.4. The van der Waals surface area contributed by atoms with Crippen LogP contribution in [0, 0.1) is 11.8 Å². The van der Waals surface area contributed by atoms with Crippen LogP contribution in [0.25, 0.3) is 0 Å². The zero-order chi connectivity index (χ0) is 53.9. The summed E-state index contributed by atoms with van der Waals surface area (Å²) in [5.41, 5.74) is 11.3. The molecule has 1 aromatic carbocycles. The Bertz CT molecular complexity index is 2030. The van der Waals surface area contributed by atoms with Crippen molar-refractivity contribution in [1.29, 1.82) is 0 Å². The molecule has 0 spiro atoms. The number of rotatable bonds is 29. The van der Waals surface area contributed by atoms with Crippen molar-refractivity contribution < 1.29 is 83.4 Å². The molecular weight excluding hydrogens is 929 g/mol. The molecule has 0 saturated heterocycles. The van der Waals surface area contributed by atoms with E-state index in [9.17, 15) is 83.4 Å². The summed E-state index contributed by atoms with van der Waals surface area (Å²) in [6.07, 6.45) is -7.57. The molecule has 27 nitrogen and oxygen atoms in total. The van der Waals surface area contributed by atoms with Gasteiger partial charge in [0.1, 0.15) is 48.0 Å². The first-order valence-electron chi connectivity index (χ1n) is 22.1. The molecule has 27 heteroatoms.